The molecule has 2 heteroatoms. The van der Waals surface area contributed by atoms with Crippen LogP contribution in [0.5, 0.6) is 11.5 Å². The van der Waals surface area contributed by atoms with Crippen LogP contribution in [-0.2, 0) is 0 Å². The summed E-state index contributed by atoms with van der Waals surface area (Å²) >= 11 is 0. The van der Waals surface area contributed by atoms with Gasteiger partial charge in [0.2, 0.25) is 0 Å². The summed E-state index contributed by atoms with van der Waals surface area (Å²) in [5.41, 5.74) is 4.88. The van der Waals surface area contributed by atoms with Gasteiger partial charge in [0.25, 0.3) is 0 Å². The van der Waals surface area contributed by atoms with E-state index in [9.17, 15) is 0 Å². The minimum atomic E-state index is 0.815. The summed E-state index contributed by atoms with van der Waals surface area (Å²) in [7, 11) is 1.67. The number of ether oxygens (including phenoxy) is 2. The first kappa shape index (κ1) is 14.4. The SMILES string of the molecule is CC=C1Oc2cc(OC)ccc2C(C(C)=CCC)=C1C. The van der Waals surface area contributed by atoms with Gasteiger partial charge < -0.3 is 9.47 Å². The topological polar surface area (TPSA) is 18.5 Å². The molecule has 1 aliphatic rings. The molecule has 1 aromatic carbocycles. The minimum Gasteiger partial charge on any atom is -0.497 e. The van der Waals surface area contributed by atoms with Crippen LogP contribution in [0.25, 0.3) is 5.57 Å². The second-order valence-electron chi connectivity index (χ2n) is 4.91. The second kappa shape index (κ2) is 6.00. The molecule has 0 fully saturated rings. The van der Waals surface area contributed by atoms with E-state index in [1.807, 2.05) is 25.1 Å². The Labute approximate surface area is 121 Å². The van der Waals surface area contributed by atoms with Gasteiger partial charge in [-0.25, -0.2) is 0 Å². The van der Waals surface area contributed by atoms with Crippen LogP contribution in [0.15, 0.2) is 47.3 Å². The molecular formula is C18H22O2. The van der Waals surface area contributed by atoms with Gasteiger partial charge in [-0.15, -0.1) is 0 Å². The first-order valence-electron chi connectivity index (χ1n) is 7.03. The van der Waals surface area contributed by atoms with Gasteiger partial charge in [0.15, 0.2) is 0 Å². The highest BCUT2D eigenvalue weighted by Crippen LogP contribution is 2.42. The summed E-state index contributed by atoms with van der Waals surface area (Å²) in [4.78, 5) is 0. The van der Waals surface area contributed by atoms with Gasteiger partial charge in [-0.05, 0) is 62.1 Å². The number of allylic oxidation sites excluding steroid dienone is 5. The van der Waals surface area contributed by atoms with Crippen molar-refractivity contribution in [3.63, 3.8) is 0 Å². The zero-order valence-corrected chi connectivity index (χ0v) is 12.9. The summed E-state index contributed by atoms with van der Waals surface area (Å²) in [6.07, 6.45) is 5.29. The van der Waals surface area contributed by atoms with Gasteiger partial charge in [-0.1, -0.05) is 13.0 Å². The highest BCUT2D eigenvalue weighted by atomic mass is 16.5. The Morgan fingerprint density at radius 3 is 2.70 bits per heavy atom. The molecule has 0 spiro atoms. The highest BCUT2D eigenvalue weighted by Gasteiger charge is 2.22. The average molecular weight is 270 g/mol. The average Bonchev–Trinajstić information content (AvgIpc) is 2.46. The molecule has 0 atom stereocenters. The molecule has 0 radical (unpaired) electrons. The van der Waals surface area contributed by atoms with Crippen LogP contribution in [0.3, 0.4) is 0 Å². The van der Waals surface area contributed by atoms with Crippen LogP contribution in [-0.4, -0.2) is 7.11 Å². The molecular weight excluding hydrogens is 248 g/mol. The van der Waals surface area contributed by atoms with Gasteiger partial charge in [0.05, 0.1) is 7.11 Å². The first-order chi connectivity index (χ1) is 9.62. The summed E-state index contributed by atoms with van der Waals surface area (Å²) in [5.74, 6) is 2.60. The highest BCUT2D eigenvalue weighted by molar-refractivity contribution is 5.87. The minimum absolute atomic E-state index is 0.815. The summed E-state index contributed by atoms with van der Waals surface area (Å²) in [6, 6.07) is 6.01. The van der Waals surface area contributed by atoms with E-state index in [0.29, 0.717) is 0 Å². The van der Waals surface area contributed by atoms with E-state index in [2.05, 4.69) is 32.9 Å². The van der Waals surface area contributed by atoms with E-state index >= 15 is 0 Å². The lowest BCUT2D eigenvalue weighted by Gasteiger charge is -2.25. The second-order valence-corrected chi connectivity index (χ2v) is 4.91. The van der Waals surface area contributed by atoms with E-state index < -0.39 is 0 Å². The van der Waals surface area contributed by atoms with Gasteiger partial charge in [0, 0.05) is 11.6 Å². The number of benzene rings is 1. The Bertz CT molecular complexity index is 604. The predicted octanol–water partition coefficient (Wildman–Crippen LogP) is 5.12. The van der Waals surface area contributed by atoms with Crippen molar-refractivity contribution in [1.29, 1.82) is 0 Å². The Kier molecular flexibility index (Phi) is 4.33. The Morgan fingerprint density at radius 2 is 2.10 bits per heavy atom. The van der Waals surface area contributed by atoms with E-state index in [4.69, 9.17) is 9.47 Å². The van der Waals surface area contributed by atoms with Crippen molar-refractivity contribution in [1.82, 2.24) is 0 Å². The van der Waals surface area contributed by atoms with Crippen LogP contribution < -0.4 is 9.47 Å². The van der Waals surface area contributed by atoms with Crippen LogP contribution in [0.2, 0.25) is 0 Å². The normalized spacial score (nSPS) is 17.1. The van der Waals surface area contributed by atoms with Gasteiger partial charge in [-0.2, -0.15) is 0 Å². The molecule has 2 nitrogen and oxygen atoms in total. The third-order valence-electron chi connectivity index (χ3n) is 3.59. The van der Waals surface area contributed by atoms with Gasteiger partial charge in [-0.3, -0.25) is 0 Å². The molecule has 0 N–H and O–H groups in total. The van der Waals surface area contributed by atoms with Crippen molar-refractivity contribution in [2.24, 2.45) is 0 Å². The lowest BCUT2D eigenvalue weighted by molar-refractivity contribution is 0.400. The molecule has 0 amide bonds. The van der Waals surface area contributed by atoms with Crippen molar-refractivity contribution >= 4 is 5.57 Å². The van der Waals surface area contributed by atoms with E-state index in [1.165, 1.54) is 16.7 Å². The summed E-state index contributed by atoms with van der Waals surface area (Å²) in [6.45, 7) is 8.44. The lowest BCUT2D eigenvalue weighted by Crippen LogP contribution is -2.09. The smallest absolute Gasteiger partial charge is 0.138 e. The van der Waals surface area contributed by atoms with Gasteiger partial charge in [0.1, 0.15) is 17.3 Å². The molecule has 1 aliphatic heterocycles. The van der Waals surface area contributed by atoms with Crippen LogP contribution in [0, 0.1) is 0 Å². The maximum Gasteiger partial charge on any atom is 0.138 e. The molecule has 20 heavy (non-hydrogen) atoms. The molecule has 0 saturated heterocycles. The number of hydrogen-bond donors (Lipinski definition) is 0. The Hall–Kier alpha value is -1.96. The largest absolute Gasteiger partial charge is 0.497 e. The zero-order valence-electron chi connectivity index (χ0n) is 12.9. The molecule has 0 aliphatic carbocycles. The van der Waals surface area contributed by atoms with Crippen LogP contribution in [0.4, 0.5) is 0 Å². The van der Waals surface area contributed by atoms with Crippen molar-refractivity contribution in [2.75, 3.05) is 7.11 Å². The third-order valence-corrected chi connectivity index (χ3v) is 3.59. The number of hydrogen-bond acceptors (Lipinski definition) is 2. The van der Waals surface area contributed by atoms with E-state index in [0.717, 1.165) is 29.2 Å². The van der Waals surface area contributed by atoms with E-state index in [1.54, 1.807) is 7.11 Å². The third kappa shape index (κ3) is 2.51. The molecule has 0 saturated carbocycles. The zero-order chi connectivity index (χ0) is 14.7. The van der Waals surface area contributed by atoms with Crippen molar-refractivity contribution in [2.45, 2.75) is 34.1 Å². The molecule has 1 heterocycles. The quantitative estimate of drug-likeness (QED) is 0.758. The van der Waals surface area contributed by atoms with Crippen LogP contribution in [0.1, 0.15) is 39.7 Å². The van der Waals surface area contributed by atoms with Crippen molar-refractivity contribution in [3.05, 3.63) is 52.8 Å². The predicted molar refractivity (Wildman–Crippen MR) is 84.0 cm³/mol. The summed E-state index contributed by atoms with van der Waals surface area (Å²) in [5, 5.41) is 0. The molecule has 106 valence electrons. The fraction of sp³-hybridized carbons (Fsp3) is 0.333. The molecule has 1 aromatic rings. The maximum absolute atomic E-state index is 5.99. The maximum atomic E-state index is 5.99. The molecule has 0 bridgehead atoms. The van der Waals surface area contributed by atoms with E-state index in [-0.39, 0.29) is 0 Å². The molecule has 0 aromatic heterocycles. The number of methoxy groups -OCH3 is 1. The summed E-state index contributed by atoms with van der Waals surface area (Å²) < 4.78 is 11.3. The fourth-order valence-corrected chi connectivity index (χ4v) is 2.63. The number of rotatable bonds is 3. The lowest BCUT2D eigenvalue weighted by atomic mass is 9.90. The van der Waals surface area contributed by atoms with Gasteiger partial charge >= 0.3 is 0 Å². The monoisotopic (exact) mass is 270 g/mol. The Balaban J connectivity index is 2.66. The van der Waals surface area contributed by atoms with Crippen LogP contribution >= 0.6 is 0 Å². The van der Waals surface area contributed by atoms with Crippen molar-refractivity contribution in [3.8, 4) is 11.5 Å². The van der Waals surface area contributed by atoms with Crippen molar-refractivity contribution < 1.29 is 9.47 Å². The molecule has 0 unspecified atom stereocenters. The number of fused-ring (bicyclic) bond motifs is 1. The Morgan fingerprint density at radius 1 is 1.35 bits per heavy atom. The molecule has 2 rings (SSSR count). The fourth-order valence-electron chi connectivity index (χ4n) is 2.63. The first-order valence-corrected chi connectivity index (χ1v) is 7.03. The standard InChI is InChI=1S/C18H22O2/c1-6-8-12(3)18-13(4)16(7-2)20-17-11-14(19-5)9-10-15(17)18/h7-11H,6H2,1-5H3.